The highest BCUT2D eigenvalue weighted by Crippen LogP contribution is 2.32. The molecule has 2 fully saturated rings. The molecule has 1 saturated heterocycles. The third kappa shape index (κ3) is 3.46. The number of hydrogen-bond acceptors (Lipinski definition) is 2. The standard InChI is InChI=1S/C18H26N2O/c1-13(14-7-3-2-4-8-14)19-18(21)17-12-11-15-9-5-6-10-16(15)20-17/h2-4,7-8,13,15-17,20H,5-6,9-12H2,1H3,(H,19,21)/t13-,15?,16?,17?/m0/s1. The SMILES string of the molecule is C[C@H](NC(=O)C1CCC2CCCCC2N1)c1ccccc1. The van der Waals surface area contributed by atoms with E-state index in [0.29, 0.717) is 6.04 Å². The Morgan fingerprint density at radius 2 is 1.90 bits per heavy atom. The monoisotopic (exact) mass is 286 g/mol. The van der Waals surface area contributed by atoms with Crippen molar-refractivity contribution in [2.75, 3.05) is 0 Å². The maximum absolute atomic E-state index is 12.5. The molecule has 1 saturated carbocycles. The largest absolute Gasteiger partial charge is 0.348 e. The van der Waals surface area contributed by atoms with Gasteiger partial charge in [0.15, 0.2) is 0 Å². The van der Waals surface area contributed by atoms with Crippen LogP contribution in [0.15, 0.2) is 30.3 Å². The Kier molecular flexibility index (Phi) is 4.59. The number of fused-ring (bicyclic) bond motifs is 1. The maximum Gasteiger partial charge on any atom is 0.237 e. The van der Waals surface area contributed by atoms with Crippen molar-refractivity contribution in [3.8, 4) is 0 Å². The number of nitrogens with one attached hydrogen (secondary N) is 2. The summed E-state index contributed by atoms with van der Waals surface area (Å²) in [6.45, 7) is 2.06. The molecular weight excluding hydrogens is 260 g/mol. The summed E-state index contributed by atoms with van der Waals surface area (Å²) in [5, 5.41) is 6.76. The van der Waals surface area contributed by atoms with Crippen molar-refractivity contribution in [3.05, 3.63) is 35.9 Å². The van der Waals surface area contributed by atoms with Crippen LogP contribution in [-0.2, 0) is 4.79 Å². The smallest absolute Gasteiger partial charge is 0.237 e. The summed E-state index contributed by atoms with van der Waals surface area (Å²) in [5.74, 6) is 0.963. The molecule has 1 aliphatic heterocycles. The van der Waals surface area contributed by atoms with Gasteiger partial charge in [-0.15, -0.1) is 0 Å². The minimum atomic E-state index is -0.00416. The maximum atomic E-state index is 12.5. The zero-order valence-electron chi connectivity index (χ0n) is 12.8. The first-order valence-electron chi connectivity index (χ1n) is 8.35. The van der Waals surface area contributed by atoms with Gasteiger partial charge in [-0.3, -0.25) is 4.79 Å². The van der Waals surface area contributed by atoms with E-state index in [4.69, 9.17) is 0 Å². The predicted octanol–water partition coefficient (Wildman–Crippen LogP) is 3.17. The topological polar surface area (TPSA) is 41.1 Å². The van der Waals surface area contributed by atoms with Gasteiger partial charge in [0.1, 0.15) is 0 Å². The summed E-state index contributed by atoms with van der Waals surface area (Å²) >= 11 is 0. The first-order chi connectivity index (χ1) is 10.2. The molecule has 1 aromatic rings. The van der Waals surface area contributed by atoms with Gasteiger partial charge >= 0.3 is 0 Å². The fourth-order valence-electron chi connectivity index (χ4n) is 3.84. The van der Waals surface area contributed by atoms with Gasteiger partial charge in [-0.1, -0.05) is 43.2 Å². The minimum absolute atomic E-state index is 0.00416. The molecule has 4 atom stereocenters. The van der Waals surface area contributed by atoms with Gasteiger partial charge in [0.25, 0.3) is 0 Å². The highest BCUT2D eigenvalue weighted by Gasteiger charge is 2.34. The lowest BCUT2D eigenvalue weighted by atomic mass is 9.77. The molecule has 1 aliphatic carbocycles. The van der Waals surface area contributed by atoms with E-state index in [1.165, 1.54) is 32.1 Å². The van der Waals surface area contributed by atoms with E-state index in [1.807, 2.05) is 18.2 Å². The van der Waals surface area contributed by atoms with Crippen LogP contribution < -0.4 is 10.6 Å². The van der Waals surface area contributed by atoms with Crippen molar-refractivity contribution in [1.29, 1.82) is 0 Å². The number of benzene rings is 1. The van der Waals surface area contributed by atoms with Crippen LogP contribution in [-0.4, -0.2) is 18.0 Å². The average Bonchev–Trinajstić information content (AvgIpc) is 2.55. The third-order valence-electron chi connectivity index (χ3n) is 5.13. The average molecular weight is 286 g/mol. The lowest BCUT2D eigenvalue weighted by Gasteiger charge is -2.40. The first kappa shape index (κ1) is 14.6. The van der Waals surface area contributed by atoms with E-state index in [2.05, 4.69) is 29.7 Å². The molecule has 3 rings (SSSR count). The fourth-order valence-corrected chi connectivity index (χ4v) is 3.84. The molecule has 2 N–H and O–H groups in total. The molecule has 0 radical (unpaired) electrons. The van der Waals surface area contributed by atoms with Gasteiger partial charge in [-0.05, 0) is 44.1 Å². The van der Waals surface area contributed by atoms with Crippen molar-refractivity contribution in [2.45, 2.75) is 63.6 Å². The van der Waals surface area contributed by atoms with Crippen LogP contribution in [0.3, 0.4) is 0 Å². The van der Waals surface area contributed by atoms with Crippen LogP contribution in [0, 0.1) is 5.92 Å². The van der Waals surface area contributed by atoms with Crippen molar-refractivity contribution < 1.29 is 4.79 Å². The Bertz CT molecular complexity index is 473. The molecule has 21 heavy (non-hydrogen) atoms. The highest BCUT2D eigenvalue weighted by atomic mass is 16.2. The van der Waals surface area contributed by atoms with Crippen LogP contribution in [0.1, 0.15) is 57.1 Å². The summed E-state index contributed by atoms with van der Waals surface area (Å²) in [6, 6.07) is 10.8. The molecule has 3 unspecified atom stereocenters. The van der Waals surface area contributed by atoms with Gasteiger partial charge in [-0.2, -0.15) is 0 Å². The number of rotatable bonds is 3. The first-order valence-corrected chi connectivity index (χ1v) is 8.35. The number of carbonyl (C=O) groups excluding carboxylic acids is 1. The van der Waals surface area contributed by atoms with Gasteiger partial charge in [0.2, 0.25) is 5.91 Å². The summed E-state index contributed by atoms with van der Waals surface area (Å²) in [5.41, 5.74) is 1.16. The Hall–Kier alpha value is -1.35. The van der Waals surface area contributed by atoms with E-state index < -0.39 is 0 Å². The number of carbonyl (C=O) groups is 1. The summed E-state index contributed by atoms with van der Waals surface area (Å²) < 4.78 is 0. The van der Waals surface area contributed by atoms with E-state index in [9.17, 15) is 4.79 Å². The molecule has 0 aromatic heterocycles. The minimum Gasteiger partial charge on any atom is -0.348 e. The summed E-state index contributed by atoms with van der Waals surface area (Å²) in [6.07, 6.45) is 7.44. The molecule has 0 bridgehead atoms. The number of hydrogen-bond donors (Lipinski definition) is 2. The predicted molar refractivity (Wildman–Crippen MR) is 84.9 cm³/mol. The Morgan fingerprint density at radius 1 is 1.14 bits per heavy atom. The second-order valence-corrected chi connectivity index (χ2v) is 6.59. The van der Waals surface area contributed by atoms with Crippen molar-refractivity contribution >= 4 is 5.91 Å². The van der Waals surface area contributed by atoms with Crippen LogP contribution in [0.2, 0.25) is 0 Å². The lowest BCUT2D eigenvalue weighted by Crippen LogP contribution is -2.55. The van der Waals surface area contributed by atoms with E-state index in [1.54, 1.807) is 0 Å². The Balaban J connectivity index is 1.56. The second-order valence-electron chi connectivity index (χ2n) is 6.59. The molecule has 1 amide bonds. The normalized spacial score (nSPS) is 30.2. The van der Waals surface area contributed by atoms with Gasteiger partial charge in [0, 0.05) is 6.04 Å². The van der Waals surface area contributed by atoms with Crippen molar-refractivity contribution in [1.82, 2.24) is 10.6 Å². The van der Waals surface area contributed by atoms with Crippen molar-refractivity contribution in [2.24, 2.45) is 5.92 Å². The van der Waals surface area contributed by atoms with E-state index >= 15 is 0 Å². The number of piperidine rings is 1. The van der Waals surface area contributed by atoms with Gasteiger partial charge in [-0.25, -0.2) is 0 Å². The van der Waals surface area contributed by atoms with E-state index in [-0.39, 0.29) is 18.0 Å². The Morgan fingerprint density at radius 3 is 2.71 bits per heavy atom. The lowest BCUT2D eigenvalue weighted by molar-refractivity contribution is -0.125. The summed E-state index contributed by atoms with van der Waals surface area (Å²) in [7, 11) is 0. The second kappa shape index (κ2) is 6.61. The third-order valence-corrected chi connectivity index (χ3v) is 5.13. The van der Waals surface area contributed by atoms with Gasteiger partial charge < -0.3 is 10.6 Å². The fraction of sp³-hybridized carbons (Fsp3) is 0.611. The van der Waals surface area contributed by atoms with Crippen LogP contribution in [0.5, 0.6) is 0 Å². The number of amides is 1. The zero-order chi connectivity index (χ0) is 14.7. The molecule has 114 valence electrons. The molecule has 3 heteroatoms. The molecule has 1 aromatic carbocycles. The highest BCUT2D eigenvalue weighted by molar-refractivity contribution is 5.82. The molecule has 2 aliphatic rings. The Labute approximate surface area is 127 Å². The van der Waals surface area contributed by atoms with E-state index in [0.717, 1.165) is 17.9 Å². The van der Waals surface area contributed by atoms with Crippen LogP contribution in [0.4, 0.5) is 0 Å². The molecular formula is C18H26N2O. The van der Waals surface area contributed by atoms with Crippen LogP contribution >= 0.6 is 0 Å². The quantitative estimate of drug-likeness (QED) is 0.896. The molecule has 3 nitrogen and oxygen atoms in total. The van der Waals surface area contributed by atoms with Gasteiger partial charge in [0.05, 0.1) is 12.1 Å². The zero-order valence-corrected chi connectivity index (χ0v) is 12.8. The molecule has 0 spiro atoms. The molecule has 1 heterocycles. The van der Waals surface area contributed by atoms with Crippen LogP contribution in [0.25, 0.3) is 0 Å². The van der Waals surface area contributed by atoms with Crippen molar-refractivity contribution in [3.63, 3.8) is 0 Å². The summed E-state index contributed by atoms with van der Waals surface area (Å²) in [4.78, 5) is 12.5.